The van der Waals surface area contributed by atoms with Gasteiger partial charge in [0.1, 0.15) is 0 Å². The summed E-state index contributed by atoms with van der Waals surface area (Å²) in [5, 5.41) is 0. The van der Waals surface area contributed by atoms with E-state index in [1.54, 1.807) is 0 Å². The number of hydrogen-bond donors (Lipinski definition) is 0. The Bertz CT molecular complexity index is 364. The molecule has 0 saturated heterocycles. The first-order valence-electron chi connectivity index (χ1n) is 9.50. The molecular weight excluding hydrogens is 300 g/mol. The second-order valence-corrected chi connectivity index (χ2v) is 11.5. The molecule has 0 heteroatoms. The Hall–Kier alpha value is -0.520. The van der Waals surface area contributed by atoms with Gasteiger partial charge in [0, 0.05) is 0 Å². The van der Waals surface area contributed by atoms with Crippen LogP contribution in [0.15, 0.2) is 22.3 Å². The minimum atomic E-state index is 0. The largest absolute Gasteiger partial charge is 0.0776 e. The van der Waals surface area contributed by atoms with E-state index in [9.17, 15) is 0 Å². The summed E-state index contributed by atoms with van der Waals surface area (Å²) < 4.78 is 0. The molecule has 0 aliphatic heterocycles. The second-order valence-electron chi connectivity index (χ2n) is 11.5. The van der Waals surface area contributed by atoms with Gasteiger partial charge in [-0.3, -0.25) is 0 Å². The molecule has 0 bridgehead atoms. The van der Waals surface area contributed by atoms with Crippen LogP contribution < -0.4 is 0 Å². The normalized spacial score (nSPS) is 15.4. The van der Waals surface area contributed by atoms with Crippen LogP contribution in [0.4, 0.5) is 0 Å². The quantitative estimate of drug-likeness (QED) is 0.381. The van der Waals surface area contributed by atoms with E-state index < -0.39 is 0 Å². The number of allylic oxidation sites excluding steroid dienone is 4. The maximum Gasteiger partial charge on any atom is -0.0173 e. The molecule has 0 rings (SSSR count). The third kappa shape index (κ3) is 10.9. The van der Waals surface area contributed by atoms with Crippen molar-refractivity contribution in [3.8, 4) is 0 Å². The molecular formula is C25H52. The Labute approximate surface area is 162 Å². The molecule has 0 heterocycles. The molecule has 0 spiro atoms. The standard InChI is InChI=1S/2C12H24.CH4/c2*1-9(11(3,4)5)10(2)12(6,7)8;/h2*1-8H3;1H4/b10-9+;10-9-;. The van der Waals surface area contributed by atoms with E-state index in [2.05, 4.69) is 111 Å². The fraction of sp³-hybridized carbons (Fsp3) is 0.840. The molecule has 0 aromatic heterocycles. The Morgan fingerprint density at radius 1 is 0.320 bits per heavy atom. The summed E-state index contributed by atoms with van der Waals surface area (Å²) in [7, 11) is 0. The molecule has 0 nitrogen and oxygen atoms in total. The van der Waals surface area contributed by atoms with Gasteiger partial charge in [0.25, 0.3) is 0 Å². The molecule has 0 fully saturated rings. The maximum atomic E-state index is 2.28. The summed E-state index contributed by atoms with van der Waals surface area (Å²) in [6, 6.07) is 0. The van der Waals surface area contributed by atoms with E-state index in [0.717, 1.165) is 0 Å². The van der Waals surface area contributed by atoms with Gasteiger partial charge in [0.15, 0.2) is 0 Å². The predicted molar refractivity (Wildman–Crippen MR) is 121 cm³/mol. The Kier molecular flexibility index (Phi) is 11.0. The first kappa shape index (κ1) is 29.3. The fourth-order valence-electron chi connectivity index (χ4n) is 2.25. The van der Waals surface area contributed by atoms with Crippen molar-refractivity contribution >= 4 is 0 Å². The first-order chi connectivity index (χ1) is 10.1. The van der Waals surface area contributed by atoms with Crippen LogP contribution in [0.1, 0.15) is 118 Å². The van der Waals surface area contributed by atoms with Crippen molar-refractivity contribution in [3.63, 3.8) is 0 Å². The van der Waals surface area contributed by atoms with Crippen molar-refractivity contribution in [2.45, 2.75) is 118 Å². The van der Waals surface area contributed by atoms with Crippen LogP contribution in [-0.2, 0) is 0 Å². The molecule has 0 aliphatic rings. The zero-order valence-electron chi connectivity index (χ0n) is 20.0. The summed E-state index contributed by atoms with van der Waals surface area (Å²) in [5.74, 6) is 0. The zero-order chi connectivity index (χ0) is 20.3. The van der Waals surface area contributed by atoms with Crippen molar-refractivity contribution in [2.75, 3.05) is 0 Å². The van der Waals surface area contributed by atoms with E-state index in [-0.39, 0.29) is 7.43 Å². The lowest BCUT2D eigenvalue weighted by Gasteiger charge is -2.29. The molecule has 0 N–H and O–H groups in total. The second kappa shape index (κ2) is 9.43. The average molecular weight is 353 g/mol. The van der Waals surface area contributed by atoms with Crippen LogP contribution in [-0.4, -0.2) is 0 Å². The lowest BCUT2D eigenvalue weighted by molar-refractivity contribution is 0.445. The summed E-state index contributed by atoms with van der Waals surface area (Å²) >= 11 is 0. The summed E-state index contributed by atoms with van der Waals surface area (Å²) in [4.78, 5) is 0. The van der Waals surface area contributed by atoms with E-state index in [4.69, 9.17) is 0 Å². The molecule has 0 aromatic rings. The molecule has 0 amide bonds. The van der Waals surface area contributed by atoms with E-state index in [1.165, 1.54) is 22.3 Å². The smallest absolute Gasteiger partial charge is 0.0173 e. The summed E-state index contributed by atoms with van der Waals surface area (Å²) in [6.07, 6.45) is 0. The highest BCUT2D eigenvalue weighted by molar-refractivity contribution is 5.21. The lowest BCUT2D eigenvalue weighted by atomic mass is 9.76. The van der Waals surface area contributed by atoms with Gasteiger partial charge in [0.05, 0.1) is 0 Å². The molecule has 0 aromatic carbocycles. The zero-order valence-corrected chi connectivity index (χ0v) is 20.0. The van der Waals surface area contributed by atoms with Gasteiger partial charge in [-0.25, -0.2) is 0 Å². The Balaban J connectivity index is -0.000000372. The average Bonchev–Trinajstić information content (AvgIpc) is 2.31. The van der Waals surface area contributed by atoms with Crippen molar-refractivity contribution in [3.05, 3.63) is 22.3 Å². The SMILES string of the molecule is C.C/C(=C(/C)C(C)(C)C)C(C)(C)C.C/C(=C(\C)C(C)(C)C)C(C)(C)C. The van der Waals surface area contributed by atoms with Crippen molar-refractivity contribution in [2.24, 2.45) is 21.7 Å². The summed E-state index contributed by atoms with van der Waals surface area (Å²) in [5.41, 5.74) is 7.36. The monoisotopic (exact) mass is 352 g/mol. The van der Waals surface area contributed by atoms with Gasteiger partial charge < -0.3 is 0 Å². The molecule has 0 aliphatic carbocycles. The van der Waals surface area contributed by atoms with Gasteiger partial charge in [-0.1, -0.05) is 113 Å². The lowest BCUT2D eigenvalue weighted by Crippen LogP contribution is -2.16. The first-order valence-corrected chi connectivity index (χ1v) is 9.50. The van der Waals surface area contributed by atoms with Gasteiger partial charge in [-0.15, -0.1) is 0 Å². The van der Waals surface area contributed by atoms with Crippen LogP contribution in [0.2, 0.25) is 0 Å². The third-order valence-corrected chi connectivity index (χ3v) is 5.62. The van der Waals surface area contributed by atoms with Crippen LogP contribution in [0, 0.1) is 21.7 Å². The van der Waals surface area contributed by atoms with Crippen molar-refractivity contribution in [1.29, 1.82) is 0 Å². The van der Waals surface area contributed by atoms with Gasteiger partial charge >= 0.3 is 0 Å². The molecule has 0 radical (unpaired) electrons. The molecule has 0 atom stereocenters. The van der Waals surface area contributed by atoms with E-state index in [0.29, 0.717) is 21.7 Å². The minimum Gasteiger partial charge on any atom is -0.0776 e. The molecule has 0 saturated carbocycles. The fourth-order valence-corrected chi connectivity index (χ4v) is 2.25. The number of rotatable bonds is 0. The predicted octanol–water partition coefficient (Wildman–Crippen LogP) is 9.47. The Morgan fingerprint density at radius 3 is 0.440 bits per heavy atom. The van der Waals surface area contributed by atoms with Gasteiger partial charge in [0.2, 0.25) is 0 Å². The minimum absolute atomic E-state index is 0. The van der Waals surface area contributed by atoms with Crippen molar-refractivity contribution in [1.82, 2.24) is 0 Å². The van der Waals surface area contributed by atoms with Crippen LogP contribution in [0.25, 0.3) is 0 Å². The van der Waals surface area contributed by atoms with Crippen LogP contribution >= 0.6 is 0 Å². The number of hydrogen-bond acceptors (Lipinski definition) is 0. The summed E-state index contributed by atoms with van der Waals surface area (Å²) in [6.45, 7) is 36.3. The third-order valence-electron chi connectivity index (χ3n) is 5.62. The highest BCUT2D eigenvalue weighted by atomic mass is 14.3. The maximum absolute atomic E-state index is 2.28. The van der Waals surface area contributed by atoms with Gasteiger partial charge in [-0.2, -0.15) is 0 Å². The highest BCUT2D eigenvalue weighted by Gasteiger charge is 2.22. The van der Waals surface area contributed by atoms with E-state index >= 15 is 0 Å². The molecule has 25 heavy (non-hydrogen) atoms. The van der Waals surface area contributed by atoms with Crippen LogP contribution in [0.5, 0.6) is 0 Å². The highest BCUT2D eigenvalue weighted by Crippen LogP contribution is 2.36. The molecule has 152 valence electrons. The molecule has 0 unspecified atom stereocenters. The van der Waals surface area contributed by atoms with E-state index in [1.807, 2.05) is 0 Å². The topological polar surface area (TPSA) is 0 Å². The van der Waals surface area contributed by atoms with Crippen molar-refractivity contribution < 1.29 is 0 Å². The van der Waals surface area contributed by atoms with Gasteiger partial charge in [-0.05, 0) is 49.4 Å². The Morgan fingerprint density at radius 2 is 0.400 bits per heavy atom. The van der Waals surface area contributed by atoms with Crippen LogP contribution in [0.3, 0.4) is 0 Å².